The predicted molar refractivity (Wildman–Crippen MR) is 66.4 cm³/mol. The lowest BCUT2D eigenvalue weighted by molar-refractivity contribution is -0.384. The Morgan fingerprint density at radius 2 is 2.11 bits per heavy atom. The number of benzene rings is 1. The molecule has 19 heavy (non-hydrogen) atoms. The van der Waals surface area contributed by atoms with Gasteiger partial charge in [0.05, 0.1) is 11.0 Å². The van der Waals surface area contributed by atoms with E-state index in [2.05, 4.69) is 5.32 Å². The molecule has 0 aliphatic carbocycles. The Labute approximate surface area is 111 Å². The lowest BCUT2D eigenvalue weighted by Crippen LogP contribution is -2.12. The molecule has 1 aromatic heterocycles. The maximum absolute atomic E-state index is 11.7. The largest absolute Gasteiger partial charge is 0.508 e. The van der Waals surface area contributed by atoms with Crippen LogP contribution < -0.4 is 5.32 Å². The molecule has 0 fully saturated rings. The molecule has 0 bridgehead atoms. The number of carbonyl (C=O) groups excluding carboxylic acids is 1. The van der Waals surface area contributed by atoms with Gasteiger partial charge in [-0.3, -0.25) is 14.9 Å². The number of nitro groups is 1. The highest BCUT2D eigenvalue weighted by molar-refractivity contribution is 6.29. The average Bonchev–Trinajstić information content (AvgIpc) is 2.78. The van der Waals surface area contributed by atoms with Crippen LogP contribution >= 0.6 is 11.6 Å². The maximum Gasteiger partial charge on any atom is 0.296 e. The second-order valence-corrected chi connectivity index (χ2v) is 3.89. The molecule has 1 amide bonds. The molecule has 0 atom stereocenters. The first-order chi connectivity index (χ1) is 8.97. The van der Waals surface area contributed by atoms with Gasteiger partial charge in [-0.2, -0.15) is 0 Å². The number of aromatic hydroxyl groups is 1. The molecular weight excluding hydrogens is 276 g/mol. The van der Waals surface area contributed by atoms with Crippen LogP contribution in [-0.4, -0.2) is 15.9 Å². The van der Waals surface area contributed by atoms with E-state index >= 15 is 0 Å². The fraction of sp³-hybridized carbons (Fsp3) is 0. The number of nitrogens with one attached hydrogen (secondary N) is 1. The number of halogens is 1. The molecular formula is C11H7ClN2O5. The van der Waals surface area contributed by atoms with E-state index in [1.807, 2.05) is 0 Å². The third-order valence-corrected chi connectivity index (χ3v) is 2.43. The number of carbonyl (C=O) groups is 1. The van der Waals surface area contributed by atoms with Gasteiger partial charge < -0.3 is 14.8 Å². The minimum atomic E-state index is -0.718. The van der Waals surface area contributed by atoms with Gasteiger partial charge in [-0.25, -0.2) is 0 Å². The van der Waals surface area contributed by atoms with E-state index < -0.39 is 16.5 Å². The van der Waals surface area contributed by atoms with Crippen molar-refractivity contribution in [1.82, 2.24) is 0 Å². The number of furan rings is 1. The van der Waals surface area contributed by atoms with Crippen molar-refractivity contribution in [3.05, 3.63) is 51.4 Å². The van der Waals surface area contributed by atoms with Crippen molar-refractivity contribution in [1.29, 1.82) is 0 Å². The number of anilines is 1. The molecule has 1 heterocycles. The molecule has 2 aromatic rings. The Kier molecular flexibility index (Phi) is 3.39. The summed E-state index contributed by atoms with van der Waals surface area (Å²) in [6.07, 6.45) is 0. The van der Waals surface area contributed by atoms with E-state index in [0.717, 1.165) is 6.07 Å². The van der Waals surface area contributed by atoms with Crippen molar-refractivity contribution < 1.29 is 19.2 Å². The minimum Gasteiger partial charge on any atom is -0.508 e. The minimum absolute atomic E-state index is 0.0327. The van der Waals surface area contributed by atoms with Gasteiger partial charge in [0.2, 0.25) is 0 Å². The zero-order valence-electron chi connectivity index (χ0n) is 9.29. The zero-order chi connectivity index (χ0) is 14.0. The quantitative estimate of drug-likeness (QED) is 0.511. The molecule has 0 unspecified atom stereocenters. The van der Waals surface area contributed by atoms with Crippen molar-refractivity contribution in [2.75, 3.05) is 5.32 Å². The molecule has 98 valence electrons. The van der Waals surface area contributed by atoms with Crippen LogP contribution in [-0.2, 0) is 0 Å². The first-order valence-corrected chi connectivity index (χ1v) is 5.39. The van der Waals surface area contributed by atoms with Crippen LogP contribution in [0.25, 0.3) is 0 Å². The molecule has 2 rings (SSSR count). The highest BCUT2D eigenvalue weighted by Gasteiger charge is 2.19. The van der Waals surface area contributed by atoms with E-state index in [0.29, 0.717) is 0 Å². The molecule has 0 aliphatic rings. The molecule has 0 aliphatic heterocycles. The summed E-state index contributed by atoms with van der Waals surface area (Å²) in [6.45, 7) is 0. The van der Waals surface area contributed by atoms with Gasteiger partial charge in [-0.05, 0) is 35.9 Å². The van der Waals surface area contributed by atoms with E-state index in [9.17, 15) is 20.0 Å². The summed E-state index contributed by atoms with van der Waals surface area (Å²) < 4.78 is 4.88. The van der Waals surface area contributed by atoms with Gasteiger partial charge in [0, 0.05) is 0 Å². The number of phenolic OH excluding ortho intramolecular Hbond substituents is 1. The summed E-state index contributed by atoms with van der Waals surface area (Å²) in [4.78, 5) is 21.8. The van der Waals surface area contributed by atoms with Gasteiger partial charge >= 0.3 is 0 Å². The van der Waals surface area contributed by atoms with Gasteiger partial charge in [0.15, 0.2) is 11.0 Å². The Morgan fingerprint density at radius 3 is 2.68 bits per heavy atom. The SMILES string of the molecule is O=C(Nc1ccc(O)cc1[N+](=O)[O-])c1ccc(Cl)o1. The van der Waals surface area contributed by atoms with Crippen LogP contribution in [0.1, 0.15) is 10.6 Å². The average molecular weight is 283 g/mol. The molecule has 0 saturated carbocycles. The van der Waals surface area contributed by atoms with Gasteiger partial charge in [-0.1, -0.05) is 0 Å². The van der Waals surface area contributed by atoms with Crippen molar-refractivity contribution in [2.45, 2.75) is 0 Å². The van der Waals surface area contributed by atoms with E-state index in [-0.39, 0.29) is 22.4 Å². The summed E-state index contributed by atoms with van der Waals surface area (Å²) in [7, 11) is 0. The molecule has 0 saturated heterocycles. The molecule has 0 spiro atoms. The third-order valence-electron chi connectivity index (χ3n) is 2.22. The van der Waals surface area contributed by atoms with Crippen molar-refractivity contribution in [2.24, 2.45) is 0 Å². The monoisotopic (exact) mass is 282 g/mol. The summed E-state index contributed by atoms with van der Waals surface area (Å²) in [5, 5.41) is 22.3. The summed E-state index contributed by atoms with van der Waals surface area (Å²) in [6, 6.07) is 6.09. The van der Waals surface area contributed by atoms with Gasteiger partial charge in [0.25, 0.3) is 11.6 Å². The van der Waals surface area contributed by atoms with Crippen LogP contribution in [0.4, 0.5) is 11.4 Å². The lowest BCUT2D eigenvalue weighted by atomic mass is 10.2. The standard InChI is InChI=1S/C11H7ClN2O5/c12-10-4-3-9(19-10)11(16)13-7-2-1-6(15)5-8(7)14(17)18/h1-5,15H,(H,13,16). The normalized spacial score (nSPS) is 10.2. The fourth-order valence-corrected chi connectivity index (χ4v) is 1.54. The van der Waals surface area contributed by atoms with Crippen molar-refractivity contribution in [3.8, 4) is 5.75 Å². The van der Waals surface area contributed by atoms with Crippen LogP contribution in [0.2, 0.25) is 5.22 Å². The van der Waals surface area contributed by atoms with Gasteiger partial charge in [-0.15, -0.1) is 0 Å². The number of amides is 1. The van der Waals surface area contributed by atoms with E-state index in [1.165, 1.54) is 24.3 Å². The van der Waals surface area contributed by atoms with E-state index in [1.54, 1.807) is 0 Å². The summed E-state index contributed by atoms with van der Waals surface area (Å²) in [5.74, 6) is -1.03. The Morgan fingerprint density at radius 1 is 1.37 bits per heavy atom. The number of hydrogen-bond acceptors (Lipinski definition) is 5. The first-order valence-electron chi connectivity index (χ1n) is 5.01. The highest BCUT2D eigenvalue weighted by Crippen LogP contribution is 2.29. The smallest absolute Gasteiger partial charge is 0.296 e. The molecule has 1 aromatic carbocycles. The molecule has 7 nitrogen and oxygen atoms in total. The molecule has 8 heteroatoms. The lowest BCUT2D eigenvalue weighted by Gasteiger charge is -2.04. The van der Waals surface area contributed by atoms with Crippen LogP contribution in [0, 0.1) is 10.1 Å². The van der Waals surface area contributed by atoms with Crippen LogP contribution in [0.3, 0.4) is 0 Å². The highest BCUT2D eigenvalue weighted by atomic mass is 35.5. The summed E-state index contributed by atoms with van der Waals surface area (Å²) in [5.41, 5.74) is -0.480. The van der Waals surface area contributed by atoms with E-state index in [4.69, 9.17) is 16.0 Å². The Bertz CT molecular complexity index is 652. The predicted octanol–water partition coefficient (Wildman–Crippen LogP) is 2.80. The van der Waals surface area contributed by atoms with Crippen molar-refractivity contribution >= 4 is 28.9 Å². The van der Waals surface area contributed by atoms with Crippen molar-refractivity contribution in [3.63, 3.8) is 0 Å². The third kappa shape index (κ3) is 2.83. The van der Waals surface area contributed by atoms with Crippen LogP contribution in [0.15, 0.2) is 34.7 Å². The molecule has 2 N–H and O–H groups in total. The Hall–Kier alpha value is -2.54. The molecule has 0 radical (unpaired) electrons. The number of phenols is 1. The Balaban J connectivity index is 2.28. The number of nitro benzene ring substituents is 1. The topological polar surface area (TPSA) is 106 Å². The number of rotatable bonds is 3. The second kappa shape index (κ2) is 4.99. The summed E-state index contributed by atoms with van der Waals surface area (Å²) >= 11 is 5.52. The maximum atomic E-state index is 11.7. The fourth-order valence-electron chi connectivity index (χ4n) is 1.40. The van der Waals surface area contributed by atoms with Crippen LogP contribution in [0.5, 0.6) is 5.75 Å². The number of nitrogens with zero attached hydrogens (tertiary/aromatic N) is 1. The first kappa shape index (κ1) is 12.9. The zero-order valence-corrected chi connectivity index (χ0v) is 10.0. The van der Waals surface area contributed by atoms with Gasteiger partial charge in [0.1, 0.15) is 11.4 Å². The number of hydrogen-bond donors (Lipinski definition) is 2. The second-order valence-electron chi connectivity index (χ2n) is 3.52.